The maximum atomic E-state index is 12.7. The summed E-state index contributed by atoms with van der Waals surface area (Å²) in [5, 5.41) is 10.7. The number of ether oxygens (including phenoxy) is 1. The summed E-state index contributed by atoms with van der Waals surface area (Å²) < 4.78 is 5.16. The van der Waals surface area contributed by atoms with E-state index < -0.39 is 0 Å². The SMILES string of the molecule is COc1ccc(C(=O)CSc2nc3c(c(-c4ccccc4)c2C#N)CN(C)CC3)cc1. The van der Waals surface area contributed by atoms with Gasteiger partial charge in [-0.05, 0) is 42.4 Å². The van der Waals surface area contributed by atoms with E-state index in [4.69, 9.17) is 9.72 Å². The quantitative estimate of drug-likeness (QED) is 0.422. The van der Waals surface area contributed by atoms with Crippen LogP contribution in [0.15, 0.2) is 59.6 Å². The summed E-state index contributed by atoms with van der Waals surface area (Å²) >= 11 is 1.34. The molecule has 1 aromatic heterocycles. The smallest absolute Gasteiger partial charge is 0.173 e. The molecule has 0 bridgehead atoms. The maximum Gasteiger partial charge on any atom is 0.173 e. The second-order valence-electron chi connectivity index (χ2n) is 7.50. The number of hydrogen-bond donors (Lipinski definition) is 0. The van der Waals surface area contributed by atoms with Gasteiger partial charge in [-0.15, -0.1) is 0 Å². The molecule has 2 heterocycles. The van der Waals surface area contributed by atoms with Crippen molar-refractivity contribution in [2.24, 2.45) is 0 Å². The molecule has 1 aliphatic rings. The predicted octanol–water partition coefficient (Wildman–Crippen LogP) is 4.59. The third-order valence-corrected chi connectivity index (χ3v) is 6.41. The first-order chi connectivity index (χ1) is 15.1. The summed E-state index contributed by atoms with van der Waals surface area (Å²) in [6.45, 7) is 1.69. The zero-order valence-electron chi connectivity index (χ0n) is 17.6. The molecule has 4 rings (SSSR count). The Morgan fingerprint density at radius 1 is 1.19 bits per heavy atom. The Balaban J connectivity index is 1.69. The molecule has 1 aliphatic heterocycles. The van der Waals surface area contributed by atoms with E-state index in [0.717, 1.165) is 41.9 Å². The van der Waals surface area contributed by atoms with Gasteiger partial charge in [-0.3, -0.25) is 4.79 Å². The Labute approximate surface area is 186 Å². The zero-order valence-corrected chi connectivity index (χ0v) is 18.4. The van der Waals surface area contributed by atoms with Gasteiger partial charge in [0.1, 0.15) is 16.8 Å². The molecule has 0 atom stereocenters. The van der Waals surface area contributed by atoms with E-state index in [9.17, 15) is 10.1 Å². The molecule has 156 valence electrons. The highest BCUT2D eigenvalue weighted by Gasteiger charge is 2.25. The van der Waals surface area contributed by atoms with Crippen molar-refractivity contribution in [2.75, 3.05) is 26.5 Å². The Morgan fingerprint density at radius 3 is 2.61 bits per heavy atom. The molecule has 0 radical (unpaired) electrons. The second kappa shape index (κ2) is 9.34. The Morgan fingerprint density at radius 2 is 1.94 bits per heavy atom. The van der Waals surface area contributed by atoms with Crippen molar-refractivity contribution < 1.29 is 9.53 Å². The van der Waals surface area contributed by atoms with Gasteiger partial charge < -0.3 is 9.64 Å². The molecule has 5 nitrogen and oxygen atoms in total. The Hall–Kier alpha value is -3.14. The minimum atomic E-state index is -0.00272. The number of carbonyl (C=O) groups is 1. The fourth-order valence-electron chi connectivity index (χ4n) is 3.80. The van der Waals surface area contributed by atoms with Gasteiger partial charge in [0.25, 0.3) is 0 Å². The second-order valence-corrected chi connectivity index (χ2v) is 8.46. The molecule has 0 saturated heterocycles. The number of Topliss-reactive ketones (excluding diaryl/α,β-unsaturated/α-hetero) is 1. The normalized spacial score (nSPS) is 13.3. The predicted molar refractivity (Wildman–Crippen MR) is 122 cm³/mol. The van der Waals surface area contributed by atoms with Crippen LogP contribution in [-0.2, 0) is 13.0 Å². The van der Waals surface area contributed by atoms with Gasteiger partial charge in [0.15, 0.2) is 5.78 Å². The van der Waals surface area contributed by atoms with Gasteiger partial charge in [-0.25, -0.2) is 4.98 Å². The first-order valence-corrected chi connectivity index (χ1v) is 11.1. The van der Waals surface area contributed by atoms with Crippen molar-refractivity contribution in [1.82, 2.24) is 9.88 Å². The standard InChI is InChI=1S/C25H23N3O2S/c1-28-13-12-22-21(15-28)24(18-6-4-3-5-7-18)20(14-26)25(27-22)31-16-23(29)17-8-10-19(30-2)11-9-17/h3-11H,12-13,15-16H2,1-2H3. The topological polar surface area (TPSA) is 66.2 Å². The molecule has 0 unspecified atom stereocenters. The van der Waals surface area contributed by atoms with Crippen LogP contribution >= 0.6 is 11.8 Å². The number of hydrogen-bond acceptors (Lipinski definition) is 6. The number of methoxy groups -OCH3 is 1. The van der Waals surface area contributed by atoms with E-state index in [1.54, 1.807) is 31.4 Å². The summed E-state index contributed by atoms with van der Waals surface area (Å²) in [6, 6.07) is 19.5. The summed E-state index contributed by atoms with van der Waals surface area (Å²) in [7, 11) is 3.68. The van der Waals surface area contributed by atoms with Crippen LogP contribution in [0.25, 0.3) is 11.1 Å². The number of ketones is 1. The van der Waals surface area contributed by atoms with Gasteiger partial charge in [-0.2, -0.15) is 5.26 Å². The fraction of sp³-hybridized carbons (Fsp3) is 0.240. The van der Waals surface area contributed by atoms with Gasteiger partial charge >= 0.3 is 0 Å². The van der Waals surface area contributed by atoms with E-state index in [2.05, 4.69) is 18.0 Å². The van der Waals surface area contributed by atoms with Gasteiger partial charge in [-0.1, -0.05) is 42.1 Å². The van der Waals surface area contributed by atoms with Gasteiger partial charge in [0.2, 0.25) is 0 Å². The molecular formula is C25H23N3O2S. The lowest BCUT2D eigenvalue weighted by molar-refractivity contribution is 0.102. The number of nitriles is 1. The van der Waals surface area contributed by atoms with Gasteiger partial charge in [0.05, 0.1) is 18.4 Å². The van der Waals surface area contributed by atoms with Gasteiger partial charge in [0, 0.05) is 36.3 Å². The van der Waals surface area contributed by atoms with Crippen molar-refractivity contribution in [3.8, 4) is 22.9 Å². The number of carbonyl (C=O) groups excluding carboxylic acids is 1. The highest BCUT2D eigenvalue weighted by molar-refractivity contribution is 8.00. The van der Waals surface area contributed by atoms with Crippen LogP contribution in [0.3, 0.4) is 0 Å². The molecule has 3 aromatic rings. The number of benzene rings is 2. The monoisotopic (exact) mass is 429 g/mol. The van der Waals surface area contributed by atoms with Crippen LogP contribution in [0.2, 0.25) is 0 Å². The van der Waals surface area contributed by atoms with Crippen molar-refractivity contribution in [1.29, 1.82) is 5.26 Å². The highest BCUT2D eigenvalue weighted by Crippen LogP contribution is 2.37. The Kier molecular flexibility index (Phi) is 6.36. The summed E-state index contributed by atoms with van der Waals surface area (Å²) in [6.07, 6.45) is 0.831. The number of likely N-dealkylation sites (N-methyl/N-ethyl adjacent to an activating group) is 1. The van der Waals surface area contributed by atoms with Crippen LogP contribution in [0, 0.1) is 11.3 Å². The van der Waals surface area contributed by atoms with Crippen LogP contribution in [0.5, 0.6) is 5.75 Å². The van der Waals surface area contributed by atoms with E-state index in [1.165, 1.54) is 11.8 Å². The number of thioether (sulfide) groups is 1. The minimum Gasteiger partial charge on any atom is -0.497 e. The largest absolute Gasteiger partial charge is 0.497 e. The van der Waals surface area contributed by atoms with Crippen LogP contribution in [0.1, 0.15) is 27.2 Å². The third kappa shape index (κ3) is 4.48. The molecule has 0 spiro atoms. The first-order valence-electron chi connectivity index (χ1n) is 10.1. The van der Waals surface area contributed by atoms with E-state index in [1.807, 2.05) is 30.3 Å². The molecule has 6 heteroatoms. The number of pyridine rings is 1. The van der Waals surface area contributed by atoms with E-state index in [0.29, 0.717) is 21.9 Å². The summed E-state index contributed by atoms with van der Waals surface area (Å²) in [5.74, 6) is 0.933. The number of fused-ring (bicyclic) bond motifs is 1. The Bertz CT molecular complexity index is 1140. The van der Waals surface area contributed by atoms with Crippen molar-refractivity contribution in [3.05, 3.63) is 77.0 Å². The average molecular weight is 430 g/mol. The lowest BCUT2D eigenvalue weighted by atomic mass is 9.92. The van der Waals surface area contributed by atoms with E-state index >= 15 is 0 Å². The number of aromatic nitrogens is 1. The van der Waals surface area contributed by atoms with Crippen molar-refractivity contribution in [3.63, 3.8) is 0 Å². The first kappa shape index (κ1) is 21.1. The van der Waals surface area contributed by atoms with Crippen LogP contribution in [0.4, 0.5) is 0 Å². The zero-order chi connectivity index (χ0) is 21.8. The average Bonchev–Trinajstić information content (AvgIpc) is 2.82. The lowest BCUT2D eigenvalue weighted by Gasteiger charge is -2.28. The summed E-state index contributed by atoms with van der Waals surface area (Å²) in [4.78, 5) is 19.8. The van der Waals surface area contributed by atoms with E-state index in [-0.39, 0.29) is 11.5 Å². The van der Waals surface area contributed by atoms with Crippen molar-refractivity contribution in [2.45, 2.75) is 18.0 Å². The van der Waals surface area contributed by atoms with Crippen LogP contribution in [-0.4, -0.2) is 42.1 Å². The maximum absolute atomic E-state index is 12.7. The molecule has 2 aromatic carbocycles. The van der Waals surface area contributed by atoms with Crippen molar-refractivity contribution >= 4 is 17.5 Å². The minimum absolute atomic E-state index is 0.00272. The molecule has 0 N–H and O–H groups in total. The molecule has 0 amide bonds. The molecule has 0 fully saturated rings. The summed E-state index contributed by atoms with van der Waals surface area (Å²) in [5.41, 5.74) is 5.26. The molecule has 31 heavy (non-hydrogen) atoms. The highest BCUT2D eigenvalue weighted by atomic mass is 32.2. The lowest BCUT2D eigenvalue weighted by Crippen LogP contribution is -2.28. The number of nitrogens with zero attached hydrogens (tertiary/aromatic N) is 3. The number of rotatable bonds is 6. The molecule has 0 saturated carbocycles. The fourth-order valence-corrected chi connectivity index (χ4v) is 4.70. The molecular weight excluding hydrogens is 406 g/mol. The third-order valence-electron chi connectivity index (χ3n) is 5.44. The van der Waals surface area contributed by atoms with Crippen LogP contribution < -0.4 is 4.74 Å². The molecule has 0 aliphatic carbocycles.